The lowest BCUT2D eigenvalue weighted by Gasteiger charge is -2.31. The number of nitrogens with one attached hydrogen (secondary N) is 2. The minimum atomic E-state index is -0.309. The van der Waals surface area contributed by atoms with E-state index in [4.69, 9.17) is 11.6 Å². The lowest BCUT2D eigenvalue weighted by molar-refractivity contribution is 0.110. The molecule has 7 heteroatoms. The topological polar surface area (TPSA) is 70.7 Å². The summed E-state index contributed by atoms with van der Waals surface area (Å²) < 4.78 is 4.69. The summed E-state index contributed by atoms with van der Waals surface area (Å²) in [5, 5.41) is 6.50. The number of amides is 3. The molecule has 2 N–H and O–H groups in total. The van der Waals surface area contributed by atoms with Gasteiger partial charge in [0.05, 0.1) is 7.11 Å². The number of piperidine rings is 1. The fraction of sp³-hybridized carbons (Fsp3) is 0.500. The van der Waals surface area contributed by atoms with E-state index in [0.29, 0.717) is 24.7 Å². The van der Waals surface area contributed by atoms with Crippen molar-refractivity contribution in [3.63, 3.8) is 0 Å². The number of nitrogens with zero attached hydrogens (tertiary/aromatic N) is 1. The van der Waals surface area contributed by atoms with Crippen LogP contribution in [0.15, 0.2) is 24.3 Å². The maximum atomic E-state index is 11.9. The summed E-state index contributed by atoms with van der Waals surface area (Å²) in [7, 11) is 1.38. The van der Waals surface area contributed by atoms with Gasteiger partial charge in [0.2, 0.25) is 0 Å². The molecule has 1 saturated heterocycles. The van der Waals surface area contributed by atoms with Crippen LogP contribution in [-0.2, 0) is 11.2 Å². The Kier molecular flexibility index (Phi) is 6.52. The number of halogens is 1. The molecule has 1 heterocycles. The molecule has 0 spiro atoms. The van der Waals surface area contributed by atoms with Crippen LogP contribution in [0.25, 0.3) is 0 Å². The number of likely N-dealkylation sites (tertiary alicyclic amines) is 1. The van der Waals surface area contributed by atoms with Gasteiger partial charge in [0.25, 0.3) is 0 Å². The van der Waals surface area contributed by atoms with Gasteiger partial charge >= 0.3 is 12.1 Å². The van der Waals surface area contributed by atoms with Crippen LogP contribution in [0.4, 0.5) is 9.59 Å². The summed E-state index contributed by atoms with van der Waals surface area (Å²) in [6.45, 7) is 1.76. The van der Waals surface area contributed by atoms with Gasteiger partial charge in [-0.3, -0.25) is 0 Å². The molecule has 1 aliphatic rings. The molecule has 0 bridgehead atoms. The predicted octanol–water partition coefficient (Wildman–Crippen LogP) is 2.41. The van der Waals surface area contributed by atoms with E-state index in [-0.39, 0.29) is 18.2 Å². The van der Waals surface area contributed by atoms with Crippen LogP contribution in [0, 0.1) is 0 Å². The summed E-state index contributed by atoms with van der Waals surface area (Å²) in [6, 6.07) is 7.49. The van der Waals surface area contributed by atoms with Crippen LogP contribution >= 0.6 is 11.6 Å². The SMILES string of the molecule is COC(=O)N1CCC(NC(=O)NCCc2ccc(Cl)cc2)CC1. The largest absolute Gasteiger partial charge is 0.453 e. The van der Waals surface area contributed by atoms with Crippen LogP contribution in [0.5, 0.6) is 0 Å². The molecule has 3 amide bonds. The van der Waals surface area contributed by atoms with Crippen molar-refractivity contribution in [1.29, 1.82) is 0 Å². The normalized spacial score (nSPS) is 15.1. The Hall–Kier alpha value is -1.95. The van der Waals surface area contributed by atoms with Gasteiger partial charge < -0.3 is 20.3 Å². The second kappa shape index (κ2) is 8.62. The zero-order chi connectivity index (χ0) is 16.7. The molecule has 0 unspecified atom stereocenters. The van der Waals surface area contributed by atoms with Crippen molar-refractivity contribution in [2.45, 2.75) is 25.3 Å². The third-order valence-electron chi connectivity index (χ3n) is 3.88. The molecule has 23 heavy (non-hydrogen) atoms. The molecule has 1 fully saturated rings. The van der Waals surface area contributed by atoms with Crippen molar-refractivity contribution in [2.24, 2.45) is 0 Å². The summed E-state index contributed by atoms with van der Waals surface area (Å²) in [6.07, 6.45) is 1.92. The highest BCUT2D eigenvalue weighted by atomic mass is 35.5. The van der Waals surface area contributed by atoms with Crippen molar-refractivity contribution >= 4 is 23.7 Å². The third kappa shape index (κ3) is 5.63. The number of methoxy groups -OCH3 is 1. The van der Waals surface area contributed by atoms with Gasteiger partial charge in [-0.05, 0) is 37.0 Å². The van der Waals surface area contributed by atoms with Gasteiger partial charge in [-0.25, -0.2) is 9.59 Å². The fourth-order valence-electron chi connectivity index (χ4n) is 2.54. The molecule has 1 aromatic rings. The first-order chi connectivity index (χ1) is 11.1. The van der Waals surface area contributed by atoms with E-state index >= 15 is 0 Å². The molecule has 6 nitrogen and oxygen atoms in total. The lowest BCUT2D eigenvalue weighted by Crippen LogP contribution is -2.49. The molecule has 2 rings (SSSR count). The molecule has 1 aromatic carbocycles. The monoisotopic (exact) mass is 339 g/mol. The number of urea groups is 1. The average Bonchev–Trinajstić information content (AvgIpc) is 2.56. The second-order valence-electron chi connectivity index (χ2n) is 5.51. The summed E-state index contributed by atoms with van der Waals surface area (Å²) in [5.41, 5.74) is 1.13. The number of rotatable bonds is 4. The van der Waals surface area contributed by atoms with Crippen molar-refractivity contribution < 1.29 is 14.3 Å². The van der Waals surface area contributed by atoms with Gasteiger partial charge in [0.1, 0.15) is 0 Å². The van der Waals surface area contributed by atoms with Crippen molar-refractivity contribution in [3.05, 3.63) is 34.9 Å². The number of ether oxygens (including phenoxy) is 1. The van der Waals surface area contributed by atoms with Gasteiger partial charge in [0.15, 0.2) is 0 Å². The van der Waals surface area contributed by atoms with Crippen LogP contribution < -0.4 is 10.6 Å². The van der Waals surface area contributed by atoms with E-state index < -0.39 is 0 Å². The van der Waals surface area contributed by atoms with E-state index in [1.807, 2.05) is 24.3 Å². The Morgan fingerprint density at radius 2 is 1.91 bits per heavy atom. The molecular weight excluding hydrogens is 318 g/mol. The summed E-state index contributed by atoms with van der Waals surface area (Å²) in [4.78, 5) is 24.9. The van der Waals surface area contributed by atoms with E-state index in [2.05, 4.69) is 15.4 Å². The molecule has 0 aromatic heterocycles. The molecule has 0 radical (unpaired) electrons. The van der Waals surface area contributed by atoms with Crippen LogP contribution in [0.3, 0.4) is 0 Å². The van der Waals surface area contributed by atoms with Gasteiger partial charge in [-0.2, -0.15) is 0 Å². The van der Waals surface area contributed by atoms with Crippen molar-refractivity contribution in [2.75, 3.05) is 26.7 Å². The van der Waals surface area contributed by atoms with E-state index in [1.165, 1.54) is 7.11 Å². The highest BCUT2D eigenvalue weighted by molar-refractivity contribution is 6.30. The lowest BCUT2D eigenvalue weighted by atomic mass is 10.1. The summed E-state index contributed by atoms with van der Waals surface area (Å²) in [5.74, 6) is 0. The standard InChI is InChI=1S/C16H22ClN3O3/c1-23-16(22)20-10-7-14(8-11-20)19-15(21)18-9-6-12-2-4-13(17)5-3-12/h2-5,14H,6-11H2,1H3,(H2,18,19,21). The number of hydrogen-bond acceptors (Lipinski definition) is 3. The predicted molar refractivity (Wildman–Crippen MR) is 88.7 cm³/mol. The highest BCUT2D eigenvalue weighted by Gasteiger charge is 2.23. The Morgan fingerprint density at radius 3 is 2.52 bits per heavy atom. The molecule has 0 atom stereocenters. The Bertz CT molecular complexity index is 528. The van der Waals surface area contributed by atoms with E-state index in [0.717, 1.165) is 24.8 Å². The maximum Gasteiger partial charge on any atom is 0.409 e. The highest BCUT2D eigenvalue weighted by Crippen LogP contribution is 2.11. The number of carbonyl (C=O) groups excluding carboxylic acids is 2. The molecule has 1 aliphatic heterocycles. The quantitative estimate of drug-likeness (QED) is 0.885. The molecule has 126 valence electrons. The van der Waals surface area contributed by atoms with Crippen LogP contribution in [0.2, 0.25) is 5.02 Å². The van der Waals surface area contributed by atoms with Gasteiger partial charge in [-0.15, -0.1) is 0 Å². The Morgan fingerprint density at radius 1 is 1.26 bits per heavy atom. The van der Waals surface area contributed by atoms with Gasteiger partial charge in [0, 0.05) is 30.7 Å². The van der Waals surface area contributed by atoms with Crippen LogP contribution in [-0.4, -0.2) is 49.8 Å². The number of benzene rings is 1. The first-order valence-corrected chi connectivity index (χ1v) is 8.08. The Balaban J connectivity index is 1.64. The minimum absolute atomic E-state index is 0.0893. The van der Waals surface area contributed by atoms with E-state index in [9.17, 15) is 9.59 Å². The smallest absolute Gasteiger partial charge is 0.409 e. The number of carbonyl (C=O) groups is 2. The average molecular weight is 340 g/mol. The summed E-state index contributed by atoms with van der Waals surface area (Å²) >= 11 is 5.83. The first-order valence-electron chi connectivity index (χ1n) is 7.70. The van der Waals surface area contributed by atoms with Crippen molar-refractivity contribution in [3.8, 4) is 0 Å². The fourth-order valence-corrected chi connectivity index (χ4v) is 2.67. The number of hydrogen-bond donors (Lipinski definition) is 2. The van der Waals surface area contributed by atoms with Crippen molar-refractivity contribution in [1.82, 2.24) is 15.5 Å². The zero-order valence-corrected chi connectivity index (χ0v) is 13.9. The van der Waals surface area contributed by atoms with E-state index in [1.54, 1.807) is 4.90 Å². The second-order valence-corrected chi connectivity index (χ2v) is 5.94. The molecular formula is C16H22ClN3O3. The molecule has 0 saturated carbocycles. The Labute approximate surface area is 141 Å². The maximum absolute atomic E-state index is 11.9. The van der Waals surface area contributed by atoms with Gasteiger partial charge in [-0.1, -0.05) is 23.7 Å². The molecule has 0 aliphatic carbocycles. The minimum Gasteiger partial charge on any atom is -0.453 e. The third-order valence-corrected chi connectivity index (χ3v) is 4.13. The van der Waals surface area contributed by atoms with Crippen LogP contribution in [0.1, 0.15) is 18.4 Å². The zero-order valence-electron chi connectivity index (χ0n) is 13.2. The first kappa shape index (κ1) is 17.4.